The van der Waals surface area contributed by atoms with Crippen LogP contribution in [0.25, 0.3) is 0 Å². The molecule has 4 heteroatoms. The zero-order valence-corrected chi connectivity index (χ0v) is 11.5. The molecular formula is C14H26N2O2. The van der Waals surface area contributed by atoms with E-state index in [1.807, 2.05) is 11.8 Å². The summed E-state index contributed by atoms with van der Waals surface area (Å²) >= 11 is 0. The number of aliphatic hydroxyl groups is 1. The van der Waals surface area contributed by atoms with Crippen molar-refractivity contribution < 1.29 is 9.90 Å². The molecule has 2 N–H and O–H groups in total. The molecular weight excluding hydrogens is 228 g/mol. The molecule has 104 valence electrons. The number of aliphatic hydroxyl groups excluding tert-OH is 1. The van der Waals surface area contributed by atoms with Crippen LogP contribution in [-0.4, -0.2) is 47.2 Å². The molecule has 0 radical (unpaired) electrons. The van der Waals surface area contributed by atoms with Crippen LogP contribution in [0.5, 0.6) is 0 Å². The Morgan fingerprint density at radius 2 is 2.06 bits per heavy atom. The smallest absolute Gasteiger partial charge is 0.242 e. The lowest BCUT2D eigenvalue weighted by atomic mass is 9.89. The summed E-state index contributed by atoms with van der Waals surface area (Å²) in [6, 6.07) is 0.352. The summed E-state index contributed by atoms with van der Waals surface area (Å²) in [6.07, 6.45) is 7.82. The molecule has 0 aromatic heterocycles. The van der Waals surface area contributed by atoms with E-state index in [-0.39, 0.29) is 12.5 Å². The van der Waals surface area contributed by atoms with Crippen molar-refractivity contribution >= 4 is 5.91 Å². The largest absolute Gasteiger partial charge is 0.395 e. The average molecular weight is 254 g/mol. The second kappa shape index (κ2) is 6.02. The predicted molar refractivity (Wildman–Crippen MR) is 71.3 cm³/mol. The Morgan fingerprint density at radius 1 is 1.33 bits per heavy atom. The van der Waals surface area contributed by atoms with Crippen molar-refractivity contribution in [2.45, 2.75) is 63.5 Å². The van der Waals surface area contributed by atoms with Crippen LogP contribution in [0.2, 0.25) is 0 Å². The van der Waals surface area contributed by atoms with Gasteiger partial charge in [0.2, 0.25) is 5.91 Å². The van der Waals surface area contributed by atoms with E-state index in [0.717, 1.165) is 38.6 Å². The SMILES string of the molecule is CC1(C(=O)N(CCO)C2CCCC2)CCCCN1. The highest BCUT2D eigenvalue weighted by Gasteiger charge is 2.39. The van der Waals surface area contributed by atoms with Gasteiger partial charge in [-0.15, -0.1) is 0 Å². The first-order chi connectivity index (χ1) is 8.67. The molecule has 1 aliphatic heterocycles. The van der Waals surface area contributed by atoms with Crippen molar-refractivity contribution in [2.24, 2.45) is 0 Å². The molecule has 1 amide bonds. The van der Waals surface area contributed by atoms with Gasteiger partial charge in [-0.05, 0) is 45.6 Å². The molecule has 1 heterocycles. The third-order valence-electron chi connectivity index (χ3n) is 4.46. The van der Waals surface area contributed by atoms with E-state index in [1.165, 1.54) is 12.8 Å². The topological polar surface area (TPSA) is 52.6 Å². The van der Waals surface area contributed by atoms with Gasteiger partial charge in [0.25, 0.3) is 0 Å². The molecule has 1 unspecified atom stereocenters. The summed E-state index contributed by atoms with van der Waals surface area (Å²) in [5.74, 6) is 0.197. The molecule has 1 atom stereocenters. The fourth-order valence-corrected chi connectivity index (χ4v) is 3.33. The van der Waals surface area contributed by atoms with Gasteiger partial charge >= 0.3 is 0 Å². The Hall–Kier alpha value is -0.610. The monoisotopic (exact) mass is 254 g/mol. The van der Waals surface area contributed by atoms with Crippen LogP contribution in [0, 0.1) is 0 Å². The fourth-order valence-electron chi connectivity index (χ4n) is 3.33. The van der Waals surface area contributed by atoms with Gasteiger partial charge in [0.1, 0.15) is 0 Å². The number of nitrogens with one attached hydrogen (secondary N) is 1. The first-order valence-corrected chi connectivity index (χ1v) is 7.34. The van der Waals surface area contributed by atoms with Gasteiger partial charge < -0.3 is 15.3 Å². The number of rotatable bonds is 4. The van der Waals surface area contributed by atoms with Crippen LogP contribution in [0.15, 0.2) is 0 Å². The van der Waals surface area contributed by atoms with Crippen molar-refractivity contribution in [1.29, 1.82) is 0 Å². The highest BCUT2D eigenvalue weighted by Crippen LogP contribution is 2.28. The van der Waals surface area contributed by atoms with Gasteiger partial charge in [-0.25, -0.2) is 0 Å². The number of hydrogen-bond acceptors (Lipinski definition) is 3. The molecule has 18 heavy (non-hydrogen) atoms. The van der Waals surface area contributed by atoms with E-state index >= 15 is 0 Å². The first-order valence-electron chi connectivity index (χ1n) is 7.34. The minimum Gasteiger partial charge on any atom is -0.395 e. The summed E-state index contributed by atoms with van der Waals surface area (Å²) in [5.41, 5.74) is -0.407. The van der Waals surface area contributed by atoms with Gasteiger partial charge in [0.05, 0.1) is 12.1 Å². The van der Waals surface area contributed by atoms with Crippen molar-refractivity contribution in [2.75, 3.05) is 19.7 Å². The zero-order valence-electron chi connectivity index (χ0n) is 11.5. The molecule has 0 aromatic rings. The Bertz CT molecular complexity index is 282. The molecule has 1 aliphatic carbocycles. The third kappa shape index (κ3) is 2.86. The van der Waals surface area contributed by atoms with E-state index < -0.39 is 5.54 Å². The maximum absolute atomic E-state index is 12.7. The van der Waals surface area contributed by atoms with Crippen LogP contribution >= 0.6 is 0 Å². The Kier molecular flexibility index (Phi) is 4.62. The van der Waals surface area contributed by atoms with Crippen molar-refractivity contribution in [3.05, 3.63) is 0 Å². The van der Waals surface area contributed by atoms with E-state index in [9.17, 15) is 9.90 Å². The van der Waals surface area contributed by atoms with Crippen LogP contribution < -0.4 is 5.32 Å². The molecule has 2 rings (SSSR count). The molecule has 0 aromatic carbocycles. The fraction of sp³-hybridized carbons (Fsp3) is 0.929. The van der Waals surface area contributed by atoms with E-state index in [4.69, 9.17) is 0 Å². The van der Waals surface area contributed by atoms with Crippen LogP contribution in [0.3, 0.4) is 0 Å². The molecule has 1 saturated heterocycles. The summed E-state index contributed by atoms with van der Waals surface area (Å²) in [6.45, 7) is 3.51. The second-order valence-electron chi connectivity index (χ2n) is 5.88. The van der Waals surface area contributed by atoms with Crippen molar-refractivity contribution in [3.8, 4) is 0 Å². The number of nitrogens with zero attached hydrogens (tertiary/aromatic N) is 1. The van der Waals surface area contributed by atoms with Crippen molar-refractivity contribution in [1.82, 2.24) is 10.2 Å². The van der Waals surface area contributed by atoms with Gasteiger partial charge in [0, 0.05) is 12.6 Å². The van der Waals surface area contributed by atoms with Gasteiger partial charge in [-0.3, -0.25) is 4.79 Å². The summed E-state index contributed by atoms with van der Waals surface area (Å²) in [4.78, 5) is 14.7. The average Bonchev–Trinajstić information content (AvgIpc) is 2.90. The second-order valence-corrected chi connectivity index (χ2v) is 5.88. The molecule has 0 bridgehead atoms. The number of piperidine rings is 1. The van der Waals surface area contributed by atoms with Crippen LogP contribution in [-0.2, 0) is 4.79 Å². The molecule has 2 fully saturated rings. The zero-order chi connectivity index (χ0) is 13.0. The number of carbonyl (C=O) groups excluding carboxylic acids is 1. The lowest BCUT2D eigenvalue weighted by Gasteiger charge is -2.40. The Morgan fingerprint density at radius 3 is 2.61 bits per heavy atom. The minimum atomic E-state index is -0.407. The number of amides is 1. The summed E-state index contributed by atoms with van der Waals surface area (Å²) in [7, 11) is 0. The predicted octanol–water partition coefficient (Wildman–Crippen LogP) is 1.28. The van der Waals surface area contributed by atoms with Gasteiger partial charge in [0.15, 0.2) is 0 Å². The van der Waals surface area contributed by atoms with E-state index in [0.29, 0.717) is 12.6 Å². The lowest BCUT2D eigenvalue weighted by molar-refractivity contribution is -0.141. The Labute approximate surface area is 110 Å². The van der Waals surface area contributed by atoms with Gasteiger partial charge in [-0.2, -0.15) is 0 Å². The highest BCUT2D eigenvalue weighted by atomic mass is 16.3. The van der Waals surface area contributed by atoms with E-state index in [2.05, 4.69) is 5.32 Å². The molecule has 1 saturated carbocycles. The van der Waals surface area contributed by atoms with Gasteiger partial charge in [-0.1, -0.05) is 12.8 Å². The van der Waals surface area contributed by atoms with E-state index in [1.54, 1.807) is 0 Å². The molecule has 4 nitrogen and oxygen atoms in total. The lowest BCUT2D eigenvalue weighted by Crippen LogP contribution is -2.60. The van der Waals surface area contributed by atoms with Crippen molar-refractivity contribution in [3.63, 3.8) is 0 Å². The standard InChI is InChI=1S/C14H26N2O2/c1-14(8-4-5-9-15-14)13(18)16(10-11-17)12-6-2-3-7-12/h12,15,17H,2-11H2,1H3. The van der Waals surface area contributed by atoms with Crippen LogP contribution in [0.4, 0.5) is 0 Å². The quantitative estimate of drug-likeness (QED) is 0.794. The van der Waals surface area contributed by atoms with Crippen LogP contribution in [0.1, 0.15) is 51.9 Å². The normalized spacial score (nSPS) is 29.4. The third-order valence-corrected chi connectivity index (χ3v) is 4.46. The first kappa shape index (κ1) is 13.8. The summed E-state index contributed by atoms with van der Waals surface area (Å²) < 4.78 is 0. The maximum Gasteiger partial charge on any atom is 0.242 e. The summed E-state index contributed by atoms with van der Waals surface area (Å²) in [5, 5.41) is 12.6. The molecule has 0 spiro atoms. The minimum absolute atomic E-state index is 0.0678. The highest BCUT2D eigenvalue weighted by molar-refractivity contribution is 5.86. The molecule has 2 aliphatic rings. The number of carbonyl (C=O) groups is 1. The Balaban J connectivity index is 2.06. The maximum atomic E-state index is 12.7. The number of hydrogen-bond donors (Lipinski definition) is 2.